The standard InChI is InChI=1S/C17H24O3/c1-10-12(19)8-13-15(3,4)16(5)6-7-17(10,13)9-14(16)20-11(2)18/h8,10,14H,6-7,9H2,1-5H3/t10?,14-,16+,17-/m1/s1. The molecule has 0 aromatic rings. The van der Waals surface area contributed by atoms with Gasteiger partial charge in [-0.15, -0.1) is 0 Å². The molecule has 4 rings (SSSR count). The van der Waals surface area contributed by atoms with E-state index in [2.05, 4.69) is 20.8 Å². The molecule has 3 nitrogen and oxygen atoms in total. The topological polar surface area (TPSA) is 43.4 Å². The number of esters is 1. The molecule has 3 heteroatoms. The Labute approximate surface area is 120 Å². The van der Waals surface area contributed by atoms with Gasteiger partial charge in [0.25, 0.3) is 0 Å². The van der Waals surface area contributed by atoms with Crippen LogP contribution in [0.3, 0.4) is 0 Å². The molecule has 1 spiro atoms. The summed E-state index contributed by atoms with van der Waals surface area (Å²) in [6, 6.07) is 0. The summed E-state index contributed by atoms with van der Waals surface area (Å²) in [6.45, 7) is 10.2. The van der Waals surface area contributed by atoms with Crippen molar-refractivity contribution in [2.75, 3.05) is 0 Å². The first kappa shape index (κ1) is 13.8. The lowest BCUT2D eigenvalue weighted by Crippen LogP contribution is -2.62. The Morgan fingerprint density at radius 1 is 1.30 bits per heavy atom. The maximum atomic E-state index is 12.3. The molecule has 110 valence electrons. The minimum absolute atomic E-state index is 0.0275. The first-order valence-corrected chi connectivity index (χ1v) is 7.59. The molecule has 20 heavy (non-hydrogen) atoms. The number of allylic oxidation sites excluding steroid dienone is 2. The second kappa shape index (κ2) is 3.75. The van der Waals surface area contributed by atoms with E-state index in [4.69, 9.17) is 4.74 Å². The Balaban J connectivity index is 2.13. The third-order valence-electron chi connectivity index (χ3n) is 6.84. The molecule has 0 heterocycles. The zero-order valence-electron chi connectivity index (χ0n) is 13.1. The highest BCUT2D eigenvalue weighted by Crippen LogP contribution is 2.72. The van der Waals surface area contributed by atoms with Crippen LogP contribution < -0.4 is 0 Å². The van der Waals surface area contributed by atoms with Gasteiger partial charge in [-0.1, -0.05) is 33.3 Å². The van der Waals surface area contributed by atoms with E-state index in [-0.39, 0.29) is 40.0 Å². The number of hydrogen-bond acceptors (Lipinski definition) is 3. The summed E-state index contributed by atoms with van der Waals surface area (Å²) in [4.78, 5) is 23.7. The lowest BCUT2D eigenvalue weighted by Gasteiger charge is -2.65. The molecule has 0 aromatic carbocycles. The third-order valence-corrected chi connectivity index (χ3v) is 6.84. The van der Waals surface area contributed by atoms with Crippen LogP contribution in [0.4, 0.5) is 0 Å². The molecule has 0 amide bonds. The maximum absolute atomic E-state index is 12.3. The van der Waals surface area contributed by atoms with Crippen molar-refractivity contribution >= 4 is 11.8 Å². The predicted octanol–water partition coefficient (Wildman–Crippen LogP) is 3.28. The van der Waals surface area contributed by atoms with Crippen LogP contribution >= 0.6 is 0 Å². The Morgan fingerprint density at radius 3 is 2.55 bits per heavy atom. The van der Waals surface area contributed by atoms with Crippen LogP contribution in [0.5, 0.6) is 0 Å². The summed E-state index contributed by atoms with van der Waals surface area (Å²) < 4.78 is 5.67. The number of ether oxygens (including phenoxy) is 1. The van der Waals surface area contributed by atoms with E-state index in [9.17, 15) is 9.59 Å². The zero-order valence-corrected chi connectivity index (χ0v) is 13.1. The Hall–Kier alpha value is -1.12. The van der Waals surface area contributed by atoms with E-state index >= 15 is 0 Å². The summed E-state index contributed by atoms with van der Waals surface area (Å²) >= 11 is 0. The lowest BCUT2D eigenvalue weighted by atomic mass is 9.40. The van der Waals surface area contributed by atoms with Gasteiger partial charge in [0.15, 0.2) is 5.78 Å². The number of fused-ring (bicyclic) bond motifs is 2. The zero-order chi connectivity index (χ0) is 14.9. The smallest absolute Gasteiger partial charge is 0.302 e. The van der Waals surface area contributed by atoms with Gasteiger partial charge in [0.1, 0.15) is 6.10 Å². The highest BCUT2D eigenvalue weighted by Gasteiger charge is 2.68. The minimum atomic E-state index is -0.210. The molecular weight excluding hydrogens is 252 g/mol. The van der Waals surface area contributed by atoms with Gasteiger partial charge in [-0.05, 0) is 30.8 Å². The van der Waals surface area contributed by atoms with Crippen LogP contribution in [0.15, 0.2) is 11.6 Å². The first-order valence-electron chi connectivity index (χ1n) is 7.59. The van der Waals surface area contributed by atoms with Crippen LogP contribution in [0.25, 0.3) is 0 Å². The molecule has 0 saturated heterocycles. The van der Waals surface area contributed by atoms with Crippen LogP contribution in [0, 0.1) is 22.2 Å². The lowest BCUT2D eigenvalue weighted by molar-refractivity contribution is -0.187. The average molecular weight is 276 g/mol. The van der Waals surface area contributed by atoms with Crippen molar-refractivity contribution < 1.29 is 14.3 Å². The summed E-state index contributed by atoms with van der Waals surface area (Å²) in [5, 5.41) is 0. The van der Waals surface area contributed by atoms with E-state index in [0.29, 0.717) is 0 Å². The van der Waals surface area contributed by atoms with Gasteiger partial charge in [-0.3, -0.25) is 9.59 Å². The quantitative estimate of drug-likeness (QED) is 0.690. The summed E-state index contributed by atoms with van der Waals surface area (Å²) in [6.07, 6.45) is 4.70. The number of carbonyl (C=O) groups is 2. The van der Waals surface area contributed by atoms with Gasteiger partial charge in [-0.2, -0.15) is 0 Å². The fourth-order valence-corrected chi connectivity index (χ4v) is 5.05. The van der Waals surface area contributed by atoms with E-state index in [1.807, 2.05) is 13.0 Å². The van der Waals surface area contributed by atoms with Crippen LogP contribution in [-0.2, 0) is 14.3 Å². The summed E-state index contributed by atoms with van der Waals surface area (Å²) in [7, 11) is 0. The number of rotatable bonds is 1. The van der Waals surface area contributed by atoms with Crippen LogP contribution in [0.1, 0.15) is 53.9 Å². The van der Waals surface area contributed by atoms with Crippen LogP contribution in [-0.4, -0.2) is 17.9 Å². The third kappa shape index (κ3) is 1.36. The molecule has 0 aliphatic heterocycles. The molecule has 4 aliphatic carbocycles. The van der Waals surface area contributed by atoms with Gasteiger partial charge >= 0.3 is 5.97 Å². The van der Waals surface area contributed by atoms with E-state index in [1.165, 1.54) is 12.5 Å². The van der Waals surface area contributed by atoms with Crippen molar-refractivity contribution in [1.82, 2.24) is 0 Å². The second-order valence-electron chi connectivity index (χ2n) is 7.68. The molecule has 0 N–H and O–H groups in total. The highest BCUT2D eigenvalue weighted by molar-refractivity contribution is 5.97. The first-order chi connectivity index (χ1) is 9.15. The molecule has 3 fully saturated rings. The monoisotopic (exact) mass is 276 g/mol. The van der Waals surface area contributed by atoms with Crippen molar-refractivity contribution in [3.05, 3.63) is 11.6 Å². The molecule has 0 aromatic heterocycles. The molecule has 3 saturated carbocycles. The largest absolute Gasteiger partial charge is 0.462 e. The molecule has 1 unspecified atom stereocenters. The minimum Gasteiger partial charge on any atom is -0.462 e. The van der Waals surface area contributed by atoms with E-state index in [0.717, 1.165) is 19.3 Å². The van der Waals surface area contributed by atoms with Crippen molar-refractivity contribution in [2.45, 2.75) is 60.0 Å². The fourth-order valence-electron chi connectivity index (χ4n) is 5.05. The van der Waals surface area contributed by atoms with E-state index < -0.39 is 0 Å². The number of hydrogen-bond donors (Lipinski definition) is 0. The average Bonchev–Trinajstić information content (AvgIpc) is 2.58. The Morgan fingerprint density at radius 2 is 1.95 bits per heavy atom. The van der Waals surface area contributed by atoms with Crippen molar-refractivity contribution in [3.8, 4) is 0 Å². The Kier molecular flexibility index (Phi) is 2.59. The van der Waals surface area contributed by atoms with Crippen LogP contribution in [0.2, 0.25) is 0 Å². The molecule has 4 atom stereocenters. The van der Waals surface area contributed by atoms with Crippen molar-refractivity contribution in [3.63, 3.8) is 0 Å². The SMILES string of the molecule is CC(=O)O[C@@H]1C[C@@]23CC[C@]1(C)C(C)(C)C2=CC(=O)C3C. The molecule has 2 bridgehead atoms. The van der Waals surface area contributed by atoms with E-state index in [1.54, 1.807) is 0 Å². The van der Waals surface area contributed by atoms with Gasteiger partial charge in [0.2, 0.25) is 0 Å². The number of carbonyl (C=O) groups excluding carboxylic acids is 2. The number of ketones is 1. The van der Waals surface area contributed by atoms with Gasteiger partial charge in [0, 0.05) is 23.7 Å². The normalized spacial score (nSPS) is 45.0. The molecular formula is C17H24O3. The van der Waals surface area contributed by atoms with Crippen molar-refractivity contribution in [1.29, 1.82) is 0 Å². The van der Waals surface area contributed by atoms with Gasteiger partial charge < -0.3 is 4.74 Å². The summed E-state index contributed by atoms with van der Waals surface area (Å²) in [5.74, 6) is 0.0685. The maximum Gasteiger partial charge on any atom is 0.302 e. The molecule has 0 radical (unpaired) electrons. The van der Waals surface area contributed by atoms with Gasteiger partial charge in [0.05, 0.1) is 0 Å². The van der Waals surface area contributed by atoms with Crippen molar-refractivity contribution in [2.24, 2.45) is 22.2 Å². The highest BCUT2D eigenvalue weighted by atomic mass is 16.5. The Bertz CT molecular complexity index is 530. The fraction of sp³-hybridized carbons (Fsp3) is 0.765. The summed E-state index contributed by atoms with van der Waals surface area (Å²) in [5.41, 5.74) is 1.07. The van der Waals surface area contributed by atoms with Gasteiger partial charge in [-0.25, -0.2) is 0 Å². The predicted molar refractivity (Wildman–Crippen MR) is 76.0 cm³/mol. The second-order valence-corrected chi connectivity index (χ2v) is 7.68. The molecule has 4 aliphatic rings.